The van der Waals surface area contributed by atoms with Gasteiger partial charge in [-0.25, -0.2) is 9.37 Å². The van der Waals surface area contributed by atoms with Crippen LogP contribution >= 0.6 is 11.3 Å². The van der Waals surface area contributed by atoms with E-state index in [9.17, 15) is 19.3 Å². The number of rotatable bonds is 7. The number of fused-ring (bicyclic) bond motifs is 1. The van der Waals surface area contributed by atoms with Crippen molar-refractivity contribution in [2.24, 2.45) is 5.92 Å². The molecule has 3 aromatic rings. The van der Waals surface area contributed by atoms with E-state index < -0.39 is 10.7 Å². The Hall–Kier alpha value is -2.81. The zero-order chi connectivity index (χ0) is 20.4. The molecule has 0 saturated carbocycles. The van der Waals surface area contributed by atoms with Gasteiger partial charge >= 0.3 is 5.69 Å². The van der Waals surface area contributed by atoms with Crippen molar-refractivity contribution in [3.05, 3.63) is 60.7 Å². The fraction of sp³-hybridized carbons (Fsp3) is 0.368. The fourth-order valence-corrected chi connectivity index (χ4v) is 4.00. The van der Waals surface area contributed by atoms with Crippen LogP contribution in [0.4, 0.5) is 10.1 Å². The Morgan fingerprint density at radius 1 is 1.43 bits per heavy atom. The first-order chi connectivity index (χ1) is 13.3. The average molecular weight is 405 g/mol. The van der Waals surface area contributed by atoms with Crippen LogP contribution in [-0.2, 0) is 13.0 Å². The summed E-state index contributed by atoms with van der Waals surface area (Å²) in [7, 11) is 0. The lowest BCUT2D eigenvalue weighted by Gasteiger charge is -2.09. The summed E-state index contributed by atoms with van der Waals surface area (Å²) in [5.74, 6) is -0.187. The van der Waals surface area contributed by atoms with Gasteiger partial charge in [-0.3, -0.25) is 14.9 Å². The molecule has 1 N–H and O–H groups in total. The van der Waals surface area contributed by atoms with Gasteiger partial charge in [0.05, 0.1) is 10.3 Å². The number of H-pyrrole nitrogens is 1. The number of hydrogen-bond donors (Lipinski definition) is 1. The van der Waals surface area contributed by atoms with Crippen molar-refractivity contribution in [3.8, 4) is 5.75 Å². The minimum atomic E-state index is -0.655. The predicted octanol–water partition coefficient (Wildman–Crippen LogP) is 4.51. The lowest BCUT2D eigenvalue weighted by molar-refractivity contribution is -0.386. The van der Waals surface area contributed by atoms with Gasteiger partial charge < -0.3 is 9.72 Å². The molecule has 7 nitrogen and oxygen atoms in total. The summed E-state index contributed by atoms with van der Waals surface area (Å²) in [6.07, 6.45) is 1.82. The predicted molar refractivity (Wildman–Crippen MR) is 106 cm³/mol. The number of aromatic nitrogens is 2. The second-order valence-electron chi connectivity index (χ2n) is 6.70. The largest absolute Gasteiger partial charge is 0.479 e. The van der Waals surface area contributed by atoms with Crippen LogP contribution in [0.1, 0.15) is 36.5 Å². The highest BCUT2D eigenvalue weighted by Crippen LogP contribution is 2.30. The molecular weight excluding hydrogens is 385 g/mol. The number of aryl methyl sites for hydroxylation is 1. The molecule has 2 heterocycles. The second kappa shape index (κ2) is 8.05. The Kier molecular flexibility index (Phi) is 5.73. The number of nitrogens with one attached hydrogen (secondary N) is 1. The number of nitrogens with zero attached hydrogens (tertiary/aromatic N) is 2. The molecule has 0 aliphatic rings. The molecule has 0 unspecified atom stereocenters. The van der Waals surface area contributed by atoms with Gasteiger partial charge in [0, 0.05) is 17.0 Å². The summed E-state index contributed by atoms with van der Waals surface area (Å²) in [6.45, 7) is 6.00. The van der Waals surface area contributed by atoms with Crippen LogP contribution in [0, 0.1) is 28.8 Å². The van der Waals surface area contributed by atoms with E-state index in [0.29, 0.717) is 16.1 Å². The lowest BCUT2D eigenvalue weighted by Crippen LogP contribution is -2.14. The van der Waals surface area contributed by atoms with Crippen molar-refractivity contribution in [2.45, 2.75) is 40.2 Å². The van der Waals surface area contributed by atoms with E-state index in [2.05, 4.69) is 23.8 Å². The normalized spacial score (nSPS) is 12.3. The van der Waals surface area contributed by atoms with Gasteiger partial charge in [0.1, 0.15) is 23.1 Å². The summed E-state index contributed by atoms with van der Waals surface area (Å²) in [5, 5.41) is 11.6. The monoisotopic (exact) mass is 405 g/mol. The van der Waals surface area contributed by atoms with Crippen LogP contribution < -0.4 is 10.3 Å². The SMILES string of the molecule is CC[C@H](C)Cc1c(C)sc2nc(COc3cc(F)ccc3[N+](=O)[O-])[nH]c(=O)c12. The Labute approximate surface area is 164 Å². The standard InChI is InChI=1S/C19H20FN3O4S/c1-4-10(2)7-13-11(3)28-19-17(13)18(24)21-16(22-19)9-27-15-8-12(20)5-6-14(15)23(25)26/h5-6,8,10H,4,7,9H2,1-3H3,(H,21,22,24)/t10-/m0/s1. The Balaban J connectivity index is 1.91. The highest BCUT2D eigenvalue weighted by Gasteiger charge is 2.19. The van der Waals surface area contributed by atoms with E-state index in [1.54, 1.807) is 0 Å². The number of aromatic amines is 1. The molecule has 0 aliphatic heterocycles. The maximum atomic E-state index is 13.4. The average Bonchev–Trinajstić information content (AvgIpc) is 2.95. The maximum Gasteiger partial charge on any atom is 0.311 e. The molecule has 0 amide bonds. The summed E-state index contributed by atoms with van der Waals surface area (Å²) in [4.78, 5) is 31.8. The highest BCUT2D eigenvalue weighted by molar-refractivity contribution is 7.18. The molecule has 28 heavy (non-hydrogen) atoms. The number of nitro groups is 1. The highest BCUT2D eigenvalue weighted by atomic mass is 32.1. The van der Waals surface area contributed by atoms with Crippen molar-refractivity contribution in [3.63, 3.8) is 0 Å². The summed E-state index contributed by atoms with van der Waals surface area (Å²) >= 11 is 1.44. The van der Waals surface area contributed by atoms with Crippen molar-refractivity contribution < 1.29 is 14.1 Å². The van der Waals surface area contributed by atoms with Crippen LogP contribution in [0.3, 0.4) is 0 Å². The third-order valence-electron chi connectivity index (χ3n) is 4.64. The van der Waals surface area contributed by atoms with Gasteiger partial charge in [-0.15, -0.1) is 11.3 Å². The quantitative estimate of drug-likeness (QED) is 0.461. The number of ether oxygens (including phenoxy) is 1. The van der Waals surface area contributed by atoms with E-state index >= 15 is 0 Å². The van der Waals surface area contributed by atoms with Crippen LogP contribution in [0.5, 0.6) is 5.75 Å². The minimum Gasteiger partial charge on any atom is -0.479 e. The van der Waals surface area contributed by atoms with Crippen LogP contribution in [0.2, 0.25) is 0 Å². The van der Waals surface area contributed by atoms with Gasteiger partial charge in [-0.1, -0.05) is 20.3 Å². The molecule has 0 aliphatic carbocycles. The number of benzene rings is 1. The topological polar surface area (TPSA) is 98.1 Å². The first kappa shape index (κ1) is 19.9. The van der Waals surface area contributed by atoms with Crippen LogP contribution in [0.25, 0.3) is 10.2 Å². The molecule has 0 bridgehead atoms. The zero-order valence-electron chi connectivity index (χ0n) is 15.7. The zero-order valence-corrected chi connectivity index (χ0v) is 16.6. The number of halogens is 1. The van der Waals surface area contributed by atoms with E-state index in [1.807, 2.05) is 6.92 Å². The van der Waals surface area contributed by atoms with Crippen molar-refractivity contribution in [1.82, 2.24) is 9.97 Å². The Morgan fingerprint density at radius 2 is 2.18 bits per heavy atom. The molecule has 0 spiro atoms. The Bertz CT molecular complexity index is 1090. The van der Waals surface area contributed by atoms with E-state index in [4.69, 9.17) is 4.74 Å². The number of hydrogen-bond acceptors (Lipinski definition) is 6. The molecule has 1 aromatic carbocycles. The number of thiophene rings is 1. The molecule has 0 fully saturated rings. The third-order valence-corrected chi connectivity index (χ3v) is 5.69. The molecule has 2 aromatic heterocycles. The van der Waals surface area contributed by atoms with E-state index in [0.717, 1.165) is 41.5 Å². The van der Waals surface area contributed by atoms with Gasteiger partial charge in [-0.2, -0.15) is 0 Å². The van der Waals surface area contributed by atoms with Crippen LogP contribution in [0.15, 0.2) is 23.0 Å². The second-order valence-corrected chi connectivity index (χ2v) is 7.91. The first-order valence-corrected chi connectivity index (χ1v) is 9.69. The maximum absolute atomic E-state index is 13.4. The van der Waals surface area contributed by atoms with Crippen molar-refractivity contribution in [2.75, 3.05) is 0 Å². The Morgan fingerprint density at radius 3 is 2.86 bits per heavy atom. The molecule has 0 saturated heterocycles. The molecule has 1 atom stereocenters. The molecule has 148 valence electrons. The summed E-state index contributed by atoms with van der Waals surface area (Å²) in [5.41, 5.74) is 0.393. The lowest BCUT2D eigenvalue weighted by atomic mass is 9.98. The van der Waals surface area contributed by atoms with Gasteiger partial charge in [0.25, 0.3) is 5.56 Å². The number of nitro benzene ring substituents is 1. The van der Waals surface area contributed by atoms with Gasteiger partial charge in [-0.05, 0) is 30.9 Å². The van der Waals surface area contributed by atoms with Crippen molar-refractivity contribution in [1.29, 1.82) is 0 Å². The summed E-state index contributed by atoms with van der Waals surface area (Å²) in [6, 6.07) is 2.96. The van der Waals surface area contributed by atoms with Gasteiger partial charge in [0.2, 0.25) is 0 Å². The smallest absolute Gasteiger partial charge is 0.311 e. The molecule has 0 radical (unpaired) electrons. The van der Waals surface area contributed by atoms with E-state index in [-0.39, 0.29) is 29.4 Å². The first-order valence-electron chi connectivity index (χ1n) is 8.88. The van der Waals surface area contributed by atoms with E-state index in [1.165, 1.54) is 11.3 Å². The van der Waals surface area contributed by atoms with Gasteiger partial charge in [0.15, 0.2) is 5.75 Å². The fourth-order valence-electron chi connectivity index (χ4n) is 2.93. The minimum absolute atomic E-state index is 0.215. The van der Waals surface area contributed by atoms with Crippen LogP contribution in [-0.4, -0.2) is 14.9 Å². The molecular formula is C19H20FN3O4S. The third kappa shape index (κ3) is 4.04. The van der Waals surface area contributed by atoms with Crippen molar-refractivity contribution >= 4 is 27.2 Å². The molecule has 3 rings (SSSR count). The summed E-state index contributed by atoms with van der Waals surface area (Å²) < 4.78 is 18.8. The molecule has 9 heteroatoms.